The molecule has 1 aliphatic heterocycles. The number of carboxylic acid groups (broad SMARTS) is 1. The summed E-state index contributed by atoms with van der Waals surface area (Å²) in [4.78, 5) is 34.7. The van der Waals surface area contributed by atoms with Crippen molar-refractivity contribution in [3.8, 4) is 0 Å². The van der Waals surface area contributed by atoms with E-state index in [1.54, 1.807) is 4.90 Å². The molecular formula is C11H18N2O4. The molecule has 0 aliphatic carbocycles. The number of aliphatic carboxylic acids is 1. The third-order valence-electron chi connectivity index (χ3n) is 2.95. The van der Waals surface area contributed by atoms with Crippen molar-refractivity contribution >= 4 is 17.8 Å². The smallest absolute Gasteiger partial charge is 0.305 e. The second-order valence-electron chi connectivity index (χ2n) is 4.22. The Hall–Kier alpha value is -1.59. The van der Waals surface area contributed by atoms with Gasteiger partial charge in [-0.25, -0.2) is 0 Å². The zero-order chi connectivity index (χ0) is 12.8. The van der Waals surface area contributed by atoms with E-state index < -0.39 is 5.97 Å². The molecule has 2 amide bonds. The standard InChI is InChI=1S/C11H18N2O4/c1-8(14)13-6-3-9(4-7-13)11(17)12-5-2-10(15)16/h9H,2-7H2,1H3,(H,12,17)(H,15,16). The van der Waals surface area contributed by atoms with Gasteiger partial charge in [0.15, 0.2) is 0 Å². The molecule has 0 aromatic heterocycles. The average Bonchev–Trinajstić information content (AvgIpc) is 2.28. The lowest BCUT2D eigenvalue weighted by Gasteiger charge is -2.30. The Bertz CT molecular complexity index is 309. The Balaban J connectivity index is 2.26. The number of nitrogens with one attached hydrogen (secondary N) is 1. The van der Waals surface area contributed by atoms with E-state index in [0.29, 0.717) is 25.9 Å². The van der Waals surface area contributed by atoms with Crippen LogP contribution in [0.3, 0.4) is 0 Å². The fourth-order valence-corrected chi connectivity index (χ4v) is 1.89. The second kappa shape index (κ2) is 6.22. The van der Waals surface area contributed by atoms with E-state index in [9.17, 15) is 14.4 Å². The van der Waals surface area contributed by atoms with E-state index in [4.69, 9.17) is 5.11 Å². The lowest BCUT2D eigenvalue weighted by Crippen LogP contribution is -2.42. The summed E-state index contributed by atoms with van der Waals surface area (Å²) in [6, 6.07) is 0. The van der Waals surface area contributed by atoms with Gasteiger partial charge in [-0.2, -0.15) is 0 Å². The fraction of sp³-hybridized carbons (Fsp3) is 0.727. The Labute approximate surface area is 100.0 Å². The van der Waals surface area contributed by atoms with E-state index in [1.807, 2.05) is 0 Å². The summed E-state index contributed by atoms with van der Waals surface area (Å²) in [6.07, 6.45) is 1.25. The predicted molar refractivity (Wildman–Crippen MR) is 60.2 cm³/mol. The van der Waals surface area contributed by atoms with Gasteiger partial charge in [-0.3, -0.25) is 14.4 Å². The highest BCUT2D eigenvalue weighted by Gasteiger charge is 2.25. The number of carboxylic acids is 1. The third kappa shape index (κ3) is 4.42. The number of likely N-dealkylation sites (tertiary alicyclic amines) is 1. The summed E-state index contributed by atoms with van der Waals surface area (Å²) in [5.74, 6) is -1.08. The van der Waals surface area contributed by atoms with Crippen LogP contribution < -0.4 is 5.32 Å². The molecule has 0 aromatic carbocycles. The lowest BCUT2D eigenvalue weighted by atomic mass is 9.96. The van der Waals surface area contributed by atoms with E-state index in [-0.39, 0.29) is 30.7 Å². The zero-order valence-electron chi connectivity index (χ0n) is 9.94. The largest absolute Gasteiger partial charge is 0.481 e. The Morgan fingerprint density at radius 3 is 2.35 bits per heavy atom. The molecule has 0 unspecified atom stereocenters. The second-order valence-corrected chi connectivity index (χ2v) is 4.22. The van der Waals surface area contributed by atoms with Crippen LogP contribution in [0.4, 0.5) is 0 Å². The van der Waals surface area contributed by atoms with Crippen molar-refractivity contribution in [3.05, 3.63) is 0 Å². The van der Waals surface area contributed by atoms with Crippen LogP contribution in [0.5, 0.6) is 0 Å². The number of carbonyl (C=O) groups excluding carboxylic acids is 2. The number of carbonyl (C=O) groups is 3. The van der Waals surface area contributed by atoms with Gasteiger partial charge in [0.05, 0.1) is 6.42 Å². The van der Waals surface area contributed by atoms with Gasteiger partial charge in [0, 0.05) is 32.5 Å². The topological polar surface area (TPSA) is 86.7 Å². The van der Waals surface area contributed by atoms with E-state index in [0.717, 1.165) is 0 Å². The SMILES string of the molecule is CC(=O)N1CCC(C(=O)NCCC(=O)O)CC1. The third-order valence-corrected chi connectivity index (χ3v) is 2.95. The molecule has 1 aliphatic rings. The van der Waals surface area contributed by atoms with Crippen LogP contribution in [0.1, 0.15) is 26.2 Å². The first kappa shape index (κ1) is 13.5. The van der Waals surface area contributed by atoms with Crippen LogP contribution in [0.25, 0.3) is 0 Å². The van der Waals surface area contributed by atoms with Crippen LogP contribution in [-0.2, 0) is 14.4 Å². The number of rotatable bonds is 4. The molecule has 0 spiro atoms. The molecule has 0 saturated carbocycles. The Morgan fingerprint density at radius 2 is 1.88 bits per heavy atom. The van der Waals surface area contributed by atoms with E-state index >= 15 is 0 Å². The summed E-state index contributed by atoms with van der Waals surface area (Å²) in [5.41, 5.74) is 0. The van der Waals surface area contributed by atoms with Crippen molar-refractivity contribution in [1.82, 2.24) is 10.2 Å². The highest BCUT2D eigenvalue weighted by molar-refractivity contribution is 5.80. The summed E-state index contributed by atoms with van der Waals surface area (Å²) < 4.78 is 0. The van der Waals surface area contributed by atoms with Gasteiger partial charge in [-0.1, -0.05) is 0 Å². The van der Waals surface area contributed by atoms with Crippen molar-refractivity contribution < 1.29 is 19.5 Å². The molecule has 6 nitrogen and oxygen atoms in total. The van der Waals surface area contributed by atoms with Gasteiger partial charge < -0.3 is 15.3 Å². The van der Waals surface area contributed by atoms with Crippen LogP contribution in [-0.4, -0.2) is 47.4 Å². The minimum Gasteiger partial charge on any atom is -0.481 e. The molecule has 96 valence electrons. The number of nitrogens with zero attached hydrogens (tertiary/aromatic N) is 1. The van der Waals surface area contributed by atoms with Gasteiger partial charge >= 0.3 is 5.97 Å². The Morgan fingerprint density at radius 1 is 1.29 bits per heavy atom. The van der Waals surface area contributed by atoms with Gasteiger partial charge in [0.2, 0.25) is 11.8 Å². The summed E-state index contributed by atoms with van der Waals surface area (Å²) in [7, 11) is 0. The van der Waals surface area contributed by atoms with Gasteiger partial charge in [-0.15, -0.1) is 0 Å². The molecule has 1 saturated heterocycles. The molecule has 0 radical (unpaired) electrons. The molecule has 17 heavy (non-hydrogen) atoms. The molecule has 0 bridgehead atoms. The number of amides is 2. The predicted octanol–water partition coefficient (Wildman–Crippen LogP) is -0.164. The molecule has 6 heteroatoms. The van der Waals surface area contributed by atoms with E-state index in [2.05, 4.69) is 5.32 Å². The summed E-state index contributed by atoms with van der Waals surface area (Å²) in [5, 5.41) is 11.0. The first-order valence-corrected chi connectivity index (χ1v) is 5.75. The number of hydrogen-bond acceptors (Lipinski definition) is 3. The van der Waals surface area contributed by atoms with Crippen LogP contribution >= 0.6 is 0 Å². The van der Waals surface area contributed by atoms with Gasteiger partial charge in [-0.05, 0) is 12.8 Å². The lowest BCUT2D eigenvalue weighted by molar-refractivity contribution is -0.137. The zero-order valence-corrected chi connectivity index (χ0v) is 9.94. The number of hydrogen-bond donors (Lipinski definition) is 2. The molecule has 0 aromatic rings. The van der Waals surface area contributed by atoms with Crippen molar-refractivity contribution in [2.45, 2.75) is 26.2 Å². The van der Waals surface area contributed by atoms with Gasteiger partial charge in [0.1, 0.15) is 0 Å². The monoisotopic (exact) mass is 242 g/mol. The maximum Gasteiger partial charge on any atom is 0.305 e. The molecular weight excluding hydrogens is 224 g/mol. The molecule has 0 atom stereocenters. The fourth-order valence-electron chi connectivity index (χ4n) is 1.89. The molecule has 1 rings (SSSR count). The quantitative estimate of drug-likeness (QED) is 0.717. The van der Waals surface area contributed by atoms with Crippen molar-refractivity contribution in [3.63, 3.8) is 0 Å². The van der Waals surface area contributed by atoms with Crippen molar-refractivity contribution in [1.29, 1.82) is 0 Å². The molecule has 2 N–H and O–H groups in total. The maximum absolute atomic E-state index is 11.6. The van der Waals surface area contributed by atoms with Crippen LogP contribution in [0.2, 0.25) is 0 Å². The first-order chi connectivity index (χ1) is 8.00. The highest BCUT2D eigenvalue weighted by Crippen LogP contribution is 2.17. The van der Waals surface area contributed by atoms with Crippen LogP contribution in [0, 0.1) is 5.92 Å². The minimum absolute atomic E-state index is 0.0368. The van der Waals surface area contributed by atoms with Crippen molar-refractivity contribution in [2.24, 2.45) is 5.92 Å². The van der Waals surface area contributed by atoms with Crippen LogP contribution in [0.15, 0.2) is 0 Å². The minimum atomic E-state index is -0.920. The summed E-state index contributed by atoms with van der Waals surface area (Å²) in [6.45, 7) is 2.90. The number of piperidine rings is 1. The first-order valence-electron chi connectivity index (χ1n) is 5.75. The molecule has 1 fully saturated rings. The van der Waals surface area contributed by atoms with Crippen molar-refractivity contribution in [2.75, 3.05) is 19.6 Å². The molecule has 1 heterocycles. The summed E-state index contributed by atoms with van der Waals surface area (Å²) >= 11 is 0. The highest BCUT2D eigenvalue weighted by atomic mass is 16.4. The normalized spacial score (nSPS) is 16.6. The maximum atomic E-state index is 11.6. The Kier molecular flexibility index (Phi) is 4.93. The van der Waals surface area contributed by atoms with E-state index in [1.165, 1.54) is 6.92 Å². The van der Waals surface area contributed by atoms with Gasteiger partial charge in [0.25, 0.3) is 0 Å². The average molecular weight is 242 g/mol.